The zero-order valence-electron chi connectivity index (χ0n) is 14.3. The standard InChI is InChI=1S/C19H27NO3/c1-17(2,3)23-16(22)20-12-18(9-15-7-5-4-6-8-15)10-19(11-18,13-20)14-21/h4-8,21H,9-14H2,1-3H3. The molecule has 1 N–H and O–H groups in total. The van der Waals surface area contributed by atoms with Gasteiger partial charge in [-0.2, -0.15) is 0 Å². The average molecular weight is 317 g/mol. The number of piperidine rings is 2. The van der Waals surface area contributed by atoms with Crippen molar-refractivity contribution in [3.05, 3.63) is 35.9 Å². The van der Waals surface area contributed by atoms with Crippen molar-refractivity contribution in [1.82, 2.24) is 4.90 Å². The molecule has 1 saturated carbocycles. The molecule has 1 aromatic rings. The molecule has 3 fully saturated rings. The molecule has 4 heteroatoms. The van der Waals surface area contributed by atoms with Crippen LogP contribution in [0, 0.1) is 10.8 Å². The van der Waals surface area contributed by atoms with Crippen molar-refractivity contribution < 1.29 is 14.6 Å². The second-order valence-corrected chi connectivity index (χ2v) is 8.51. The molecule has 0 spiro atoms. The van der Waals surface area contributed by atoms with Gasteiger partial charge >= 0.3 is 6.09 Å². The maximum absolute atomic E-state index is 12.5. The van der Waals surface area contributed by atoms with Gasteiger partial charge in [-0.15, -0.1) is 0 Å². The van der Waals surface area contributed by atoms with Gasteiger partial charge in [0.05, 0.1) is 6.61 Å². The van der Waals surface area contributed by atoms with E-state index in [1.807, 2.05) is 26.8 Å². The summed E-state index contributed by atoms with van der Waals surface area (Å²) in [5, 5.41) is 9.82. The van der Waals surface area contributed by atoms with Gasteiger partial charge in [0, 0.05) is 18.5 Å². The van der Waals surface area contributed by atoms with Gasteiger partial charge in [0.2, 0.25) is 0 Å². The van der Waals surface area contributed by atoms with E-state index in [1.54, 1.807) is 4.90 Å². The molecular weight excluding hydrogens is 290 g/mol. The summed E-state index contributed by atoms with van der Waals surface area (Å²) in [6, 6.07) is 10.4. The maximum Gasteiger partial charge on any atom is 0.410 e. The van der Waals surface area contributed by atoms with Crippen LogP contribution in [0.1, 0.15) is 39.2 Å². The number of carbonyl (C=O) groups is 1. The Morgan fingerprint density at radius 1 is 1.17 bits per heavy atom. The number of ether oxygens (including phenoxy) is 1. The number of aliphatic hydroxyl groups is 1. The zero-order chi connectivity index (χ0) is 16.7. The first-order chi connectivity index (χ1) is 10.7. The van der Waals surface area contributed by atoms with Crippen LogP contribution in [-0.2, 0) is 11.2 Å². The van der Waals surface area contributed by atoms with Gasteiger partial charge in [0.25, 0.3) is 0 Å². The lowest BCUT2D eigenvalue weighted by molar-refractivity contribution is -0.151. The maximum atomic E-state index is 12.5. The minimum atomic E-state index is -0.488. The Morgan fingerprint density at radius 3 is 2.35 bits per heavy atom. The van der Waals surface area contributed by atoms with E-state index in [2.05, 4.69) is 24.3 Å². The number of hydrogen-bond donors (Lipinski definition) is 1. The number of benzene rings is 1. The number of hydrogen-bond acceptors (Lipinski definition) is 3. The third-order valence-electron chi connectivity index (χ3n) is 4.96. The molecule has 3 aliphatic rings. The van der Waals surface area contributed by atoms with Crippen LogP contribution in [0.5, 0.6) is 0 Å². The minimum absolute atomic E-state index is 0.0826. The van der Waals surface area contributed by atoms with Crippen molar-refractivity contribution in [3.8, 4) is 0 Å². The number of nitrogens with zero attached hydrogens (tertiary/aromatic N) is 1. The van der Waals surface area contributed by atoms with Crippen LogP contribution in [0.3, 0.4) is 0 Å². The second-order valence-electron chi connectivity index (χ2n) is 8.51. The van der Waals surface area contributed by atoms with Crippen LogP contribution in [0.4, 0.5) is 4.79 Å². The van der Waals surface area contributed by atoms with E-state index in [0.29, 0.717) is 6.54 Å². The van der Waals surface area contributed by atoms with Crippen LogP contribution in [0.25, 0.3) is 0 Å². The summed E-state index contributed by atoms with van der Waals surface area (Å²) in [6.07, 6.45) is 2.68. The van der Waals surface area contributed by atoms with E-state index in [4.69, 9.17) is 4.74 Å². The number of amides is 1. The summed E-state index contributed by atoms with van der Waals surface area (Å²) in [5.41, 5.74) is 0.756. The minimum Gasteiger partial charge on any atom is -0.444 e. The molecule has 2 aliphatic heterocycles. The molecule has 4 rings (SSSR count). The fourth-order valence-electron chi connectivity index (χ4n) is 4.46. The van der Waals surface area contributed by atoms with E-state index in [0.717, 1.165) is 25.8 Å². The van der Waals surface area contributed by atoms with Crippen LogP contribution in [-0.4, -0.2) is 41.4 Å². The normalized spacial score (nSPS) is 29.8. The Balaban J connectivity index is 1.74. The van der Waals surface area contributed by atoms with Gasteiger partial charge in [-0.3, -0.25) is 0 Å². The highest BCUT2D eigenvalue weighted by atomic mass is 16.6. The summed E-state index contributed by atoms with van der Waals surface area (Å²) >= 11 is 0. The molecule has 1 aliphatic carbocycles. The van der Waals surface area contributed by atoms with E-state index in [9.17, 15) is 9.90 Å². The smallest absolute Gasteiger partial charge is 0.410 e. The summed E-state index contributed by atoms with van der Waals surface area (Å²) in [6.45, 7) is 7.13. The SMILES string of the molecule is CC(C)(C)OC(=O)N1CC2(CO)CC(Cc3ccccc3)(C1)C2. The largest absolute Gasteiger partial charge is 0.444 e. The topological polar surface area (TPSA) is 49.8 Å². The predicted molar refractivity (Wildman–Crippen MR) is 89.1 cm³/mol. The molecule has 2 heterocycles. The highest BCUT2D eigenvalue weighted by Crippen LogP contribution is 2.60. The third kappa shape index (κ3) is 3.37. The first kappa shape index (κ1) is 16.3. The molecule has 0 unspecified atom stereocenters. The Hall–Kier alpha value is -1.55. The second kappa shape index (κ2) is 5.52. The first-order valence-electron chi connectivity index (χ1n) is 8.38. The van der Waals surface area contributed by atoms with Gasteiger partial charge in [-0.25, -0.2) is 4.79 Å². The molecule has 1 aromatic carbocycles. The molecule has 126 valence electrons. The van der Waals surface area contributed by atoms with Gasteiger partial charge in [-0.1, -0.05) is 30.3 Å². The Kier molecular flexibility index (Phi) is 3.91. The summed E-state index contributed by atoms with van der Waals surface area (Å²) < 4.78 is 5.54. The van der Waals surface area contributed by atoms with Crippen LogP contribution in [0.2, 0.25) is 0 Å². The Labute approximate surface area is 138 Å². The lowest BCUT2D eigenvalue weighted by Crippen LogP contribution is -2.66. The van der Waals surface area contributed by atoms with Crippen LogP contribution < -0.4 is 0 Å². The summed E-state index contributed by atoms with van der Waals surface area (Å²) in [4.78, 5) is 14.3. The van der Waals surface area contributed by atoms with Crippen molar-refractivity contribution in [2.24, 2.45) is 10.8 Å². The molecule has 4 nitrogen and oxygen atoms in total. The van der Waals surface area contributed by atoms with Crippen molar-refractivity contribution >= 4 is 6.09 Å². The quantitative estimate of drug-likeness (QED) is 0.931. The molecule has 0 atom stereocenters. The number of rotatable bonds is 3. The number of fused-ring (bicyclic) bond motifs is 2. The first-order valence-corrected chi connectivity index (χ1v) is 8.38. The Bertz CT molecular complexity index is 570. The van der Waals surface area contributed by atoms with E-state index in [-0.39, 0.29) is 23.5 Å². The van der Waals surface area contributed by atoms with Crippen LogP contribution in [0.15, 0.2) is 30.3 Å². The lowest BCUT2D eigenvalue weighted by Gasteiger charge is -2.63. The fourth-order valence-corrected chi connectivity index (χ4v) is 4.46. The van der Waals surface area contributed by atoms with Crippen molar-refractivity contribution in [2.75, 3.05) is 19.7 Å². The zero-order valence-corrected chi connectivity index (χ0v) is 14.3. The molecule has 0 radical (unpaired) electrons. The van der Waals surface area contributed by atoms with Gasteiger partial charge in [-0.05, 0) is 51.0 Å². The van der Waals surface area contributed by atoms with E-state index < -0.39 is 5.60 Å². The molecule has 2 saturated heterocycles. The van der Waals surface area contributed by atoms with E-state index in [1.165, 1.54) is 5.56 Å². The van der Waals surface area contributed by atoms with Gasteiger partial charge in [0.1, 0.15) is 5.60 Å². The van der Waals surface area contributed by atoms with Gasteiger partial charge in [0.15, 0.2) is 0 Å². The fraction of sp³-hybridized carbons (Fsp3) is 0.632. The van der Waals surface area contributed by atoms with Crippen molar-refractivity contribution in [1.29, 1.82) is 0 Å². The monoisotopic (exact) mass is 317 g/mol. The lowest BCUT2D eigenvalue weighted by atomic mass is 9.48. The van der Waals surface area contributed by atoms with Gasteiger partial charge < -0.3 is 14.7 Å². The molecule has 2 bridgehead atoms. The molecule has 0 aromatic heterocycles. The molecular formula is C19H27NO3. The van der Waals surface area contributed by atoms with Crippen LogP contribution >= 0.6 is 0 Å². The predicted octanol–water partition coefficient (Wildman–Crippen LogP) is 3.24. The summed E-state index contributed by atoms with van der Waals surface area (Å²) in [5.74, 6) is 0. The van der Waals surface area contributed by atoms with Crippen molar-refractivity contribution in [2.45, 2.75) is 45.6 Å². The molecule has 23 heavy (non-hydrogen) atoms. The number of aliphatic hydroxyl groups excluding tert-OH is 1. The summed E-state index contributed by atoms with van der Waals surface area (Å²) in [7, 11) is 0. The Morgan fingerprint density at radius 2 is 1.78 bits per heavy atom. The van der Waals surface area contributed by atoms with E-state index >= 15 is 0 Å². The number of carbonyl (C=O) groups excluding carboxylic acids is 1. The third-order valence-corrected chi connectivity index (χ3v) is 4.96. The average Bonchev–Trinajstić information content (AvgIpc) is 2.45. The highest BCUT2D eigenvalue weighted by Gasteiger charge is 2.60. The highest BCUT2D eigenvalue weighted by molar-refractivity contribution is 5.68. The molecule has 1 amide bonds. The van der Waals surface area contributed by atoms with Crippen molar-refractivity contribution in [3.63, 3.8) is 0 Å².